The number of nitrogens with zero attached hydrogens (tertiary/aromatic N) is 2. The number of anilines is 1. The summed E-state index contributed by atoms with van der Waals surface area (Å²) < 4.78 is 33.4. The first-order chi connectivity index (χ1) is 14.3. The molecule has 0 bridgehead atoms. The van der Waals surface area contributed by atoms with Gasteiger partial charge in [0.05, 0.1) is 10.3 Å². The highest BCUT2D eigenvalue weighted by Gasteiger charge is 2.25. The van der Waals surface area contributed by atoms with Crippen molar-refractivity contribution in [3.8, 4) is 0 Å². The van der Waals surface area contributed by atoms with Gasteiger partial charge < -0.3 is 9.42 Å². The van der Waals surface area contributed by atoms with Crippen LogP contribution in [0.3, 0.4) is 0 Å². The summed E-state index contributed by atoms with van der Waals surface area (Å²) in [5.41, 5.74) is 1.29. The average molecular weight is 427 g/mol. The van der Waals surface area contributed by atoms with E-state index in [-0.39, 0.29) is 22.3 Å². The van der Waals surface area contributed by atoms with Crippen molar-refractivity contribution < 1.29 is 22.5 Å². The molecule has 0 spiro atoms. The number of benzene rings is 2. The van der Waals surface area contributed by atoms with Crippen molar-refractivity contribution in [2.45, 2.75) is 31.1 Å². The summed E-state index contributed by atoms with van der Waals surface area (Å²) in [5, 5.41) is 4.25. The first kappa shape index (κ1) is 20.1. The van der Waals surface area contributed by atoms with Crippen LogP contribution < -0.4 is 4.72 Å². The van der Waals surface area contributed by atoms with Crippen LogP contribution in [0.15, 0.2) is 51.9 Å². The van der Waals surface area contributed by atoms with Gasteiger partial charge in [-0.15, -0.1) is 0 Å². The first-order valence-corrected chi connectivity index (χ1v) is 11.2. The monoisotopic (exact) mass is 427 g/mol. The zero-order chi connectivity index (χ0) is 21.3. The molecule has 1 amide bonds. The summed E-state index contributed by atoms with van der Waals surface area (Å²) in [5.74, 6) is -0.357. The van der Waals surface area contributed by atoms with Gasteiger partial charge in [0.15, 0.2) is 17.1 Å². The number of carbonyl (C=O) groups excluding carboxylic acids is 2. The molecular weight excluding hydrogens is 406 g/mol. The number of amides is 1. The SMILES string of the molecule is CC(=O)c1ccc(NS(=O)(=O)c2ccc3onc(C(=O)N4CCCCC4)c3c2)cc1. The Balaban J connectivity index is 1.63. The Bertz CT molecular complexity index is 1210. The van der Waals surface area contributed by atoms with Crippen molar-refractivity contribution in [3.05, 3.63) is 53.7 Å². The Morgan fingerprint density at radius 3 is 2.40 bits per heavy atom. The van der Waals surface area contributed by atoms with Gasteiger partial charge in [0, 0.05) is 24.3 Å². The predicted octanol–water partition coefficient (Wildman–Crippen LogP) is 3.46. The van der Waals surface area contributed by atoms with Crippen molar-refractivity contribution in [2.75, 3.05) is 17.8 Å². The second-order valence-corrected chi connectivity index (χ2v) is 8.96. The van der Waals surface area contributed by atoms with Crippen molar-refractivity contribution in [2.24, 2.45) is 0 Å². The highest BCUT2D eigenvalue weighted by Crippen LogP contribution is 2.26. The summed E-state index contributed by atoms with van der Waals surface area (Å²) in [6.07, 6.45) is 2.96. The molecule has 1 fully saturated rings. The number of sulfonamides is 1. The van der Waals surface area contributed by atoms with Gasteiger partial charge in [-0.3, -0.25) is 14.3 Å². The molecule has 2 heterocycles. The number of carbonyl (C=O) groups is 2. The highest BCUT2D eigenvalue weighted by molar-refractivity contribution is 7.92. The van der Waals surface area contributed by atoms with Gasteiger partial charge in [0.1, 0.15) is 0 Å². The summed E-state index contributed by atoms with van der Waals surface area (Å²) in [7, 11) is -3.91. The Hall–Kier alpha value is -3.20. The predicted molar refractivity (Wildman–Crippen MR) is 111 cm³/mol. The number of rotatable bonds is 5. The van der Waals surface area contributed by atoms with Gasteiger partial charge in [0.2, 0.25) is 0 Å². The molecule has 1 aliphatic rings. The Labute approximate surface area is 173 Å². The molecule has 3 aromatic rings. The Morgan fingerprint density at radius 1 is 1.03 bits per heavy atom. The molecule has 1 saturated heterocycles. The fourth-order valence-corrected chi connectivity index (χ4v) is 4.56. The van der Waals surface area contributed by atoms with Crippen LogP contribution in [0, 0.1) is 0 Å². The fraction of sp³-hybridized carbons (Fsp3) is 0.286. The maximum absolute atomic E-state index is 12.8. The van der Waals surface area contributed by atoms with E-state index >= 15 is 0 Å². The molecule has 9 heteroatoms. The van der Waals surface area contributed by atoms with Crippen LogP contribution in [-0.4, -0.2) is 43.3 Å². The fourth-order valence-electron chi connectivity index (χ4n) is 3.47. The van der Waals surface area contributed by atoms with Crippen LogP contribution in [0.1, 0.15) is 47.0 Å². The number of ketones is 1. The number of aromatic nitrogens is 1. The van der Waals surface area contributed by atoms with Crippen molar-refractivity contribution >= 4 is 38.4 Å². The van der Waals surface area contributed by atoms with Crippen molar-refractivity contribution in [1.29, 1.82) is 0 Å². The van der Waals surface area contributed by atoms with E-state index in [1.165, 1.54) is 37.3 Å². The van der Waals surface area contributed by atoms with Crippen LogP contribution >= 0.6 is 0 Å². The summed E-state index contributed by atoms with van der Waals surface area (Å²) in [6, 6.07) is 10.4. The van der Waals surface area contributed by atoms with Gasteiger partial charge in [-0.25, -0.2) is 8.42 Å². The van der Waals surface area contributed by atoms with E-state index in [2.05, 4.69) is 9.88 Å². The molecule has 0 radical (unpaired) electrons. The first-order valence-electron chi connectivity index (χ1n) is 9.68. The number of piperidine rings is 1. The molecule has 1 aliphatic heterocycles. The number of hydrogen-bond acceptors (Lipinski definition) is 6. The number of nitrogens with one attached hydrogen (secondary N) is 1. The van der Waals surface area contributed by atoms with Crippen LogP contribution in [0.25, 0.3) is 11.0 Å². The molecule has 0 saturated carbocycles. The second-order valence-electron chi connectivity index (χ2n) is 7.28. The van der Waals surface area contributed by atoms with Gasteiger partial charge in [-0.1, -0.05) is 5.16 Å². The van der Waals surface area contributed by atoms with E-state index in [1.54, 1.807) is 17.0 Å². The lowest BCUT2D eigenvalue weighted by Crippen LogP contribution is -2.35. The standard InChI is InChI=1S/C21H21N3O5S/c1-14(25)15-5-7-16(8-6-15)23-30(27,28)17-9-10-19-18(13-17)20(22-29-19)21(26)24-11-3-2-4-12-24/h5-10,13,23H,2-4,11-12H2,1H3. The molecule has 0 atom stereocenters. The Morgan fingerprint density at radius 2 is 1.73 bits per heavy atom. The Kier molecular flexibility index (Phi) is 5.29. The van der Waals surface area contributed by atoms with E-state index in [0.29, 0.717) is 35.3 Å². The smallest absolute Gasteiger partial charge is 0.276 e. The summed E-state index contributed by atoms with van der Waals surface area (Å²) in [4.78, 5) is 25.9. The third-order valence-corrected chi connectivity index (χ3v) is 6.52. The minimum atomic E-state index is -3.91. The minimum Gasteiger partial charge on any atom is -0.355 e. The van der Waals surface area contributed by atoms with Gasteiger partial charge >= 0.3 is 0 Å². The zero-order valence-corrected chi connectivity index (χ0v) is 17.2. The lowest BCUT2D eigenvalue weighted by atomic mass is 10.1. The number of Topliss-reactive ketones (excluding diaryl/α,β-unsaturated/α-hetero) is 1. The van der Waals surface area contributed by atoms with E-state index in [4.69, 9.17) is 4.52 Å². The number of likely N-dealkylation sites (tertiary alicyclic amines) is 1. The van der Waals surface area contributed by atoms with E-state index in [1.807, 2.05) is 0 Å². The van der Waals surface area contributed by atoms with Crippen LogP contribution in [0.2, 0.25) is 0 Å². The number of hydrogen-bond donors (Lipinski definition) is 1. The molecule has 30 heavy (non-hydrogen) atoms. The molecule has 4 rings (SSSR count). The maximum atomic E-state index is 12.8. The molecule has 2 aromatic carbocycles. The average Bonchev–Trinajstić information content (AvgIpc) is 3.17. The molecule has 8 nitrogen and oxygen atoms in total. The third kappa shape index (κ3) is 3.93. The topological polar surface area (TPSA) is 110 Å². The quantitative estimate of drug-likeness (QED) is 0.625. The lowest BCUT2D eigenvalue weighted by Gasteiger charge is -2.25. The minimum absolute atomic E-state index is 0.0125. The van der Waals surface area contributed by atoms with Crippen LogP contribution in [0.5, 0.6) is 0 Å². The largest absolute Gasteiger partial charge is 0.355 e. The molecule has 1 aromatic heterocycles. The number of fused-ring (bicyclic) bond motifs is 1. The van der Waals surface area contributed by atoms with E-state index in [9.17, 15) is 18.0 Å². The molecular formula is C21H21N3O5S. The zero-order valence-electron chi connectivity index (χ0n) is 16.4. The normalized spacial score (nSPS) is 14.6. The van der Waals surface area contributed by atoms with Crippen molar-refractivity contribution in [3.63, 3.8) is 0 Å². The van der Waals surface area contributed by atoms with Crippen molar-refractivity contribution in [1.82, 2.24) is 10.1 Å². The van der Waals surface area contributed by atoms with Crippen LogP contribution in [-0.2, 0) is 10.0 Å². The highest BCUT2D eigenvalue weighted by atomic mass is 32.2. The third-order valence-electron chi connectivity index (χ3n) is 5.14. The van der Waals surface area contributed by atoms with Gasteiger partial charge in [0.25, 0.3) is 15.9 Å². The van der Waals surface area contributed by atoms with E-state index in [0.717, 1.165) is 19.3 Å². The van der Waals surface area contributed by atoms with Crippen LogP contribution in [0.4, 0.5) is 5.69 Å². The molecule has 156 valence electrons. The molecule has 0 unspecified atom stereocenters. The van der Waals surface area contributed by atoms with Gasteiger partial charge in [-0.2, -0.15) is 0 Å². The second kappa shape index (κ2) is 7.91. The van der Waals surface area contributed by atoms with E-state index < -0.39 is 10.0 Å². The van der Waals surface area contributed by atoms with Gasteiger partial charge in [-0.05, 0) is 68.7 Å². The maximum Gasteiger partial charge on any atom is 0.276 e. The lowest BCUT2D eigenvalue weighted by molar-refractivity contribution is 0.0715. The molecule has 0 aliphatic carbocycles. The summed E-state index contributed by atoms with van der Waals surface area (Å²) in [6.45, 7) is 2.75. The molecule has 1 N–H and O–H groups in total. The summed E-state index contributed by atoms with van der Waals surface area (Å²) >= 11 is 0.